The number of hydrogen-bond donors (Lipinski definition) is 1. The van der Waals surface area contributed by atoms with Gasteiger partial charge in [0.05, 0.1) is 0 Å². The summed E-state index contributed by atoms with van der Waals surface area (Å²) in [6.07, 6.45) is 0. The molecule has 579 valence electrons. The molecule has 14 aromatic rings. The van der Waals surface area contributed by atoms with Gasteiger partial charge in [0.1, 0.15) is 16.1 Å². The molecule has 3 radical (unpaired) electrons. The highest BCUT2D eigenvalue weighted by atomic mass is 79.9. The molecule has 4 aliphatic rings. The average molecular weight is 1640 g/mol. The number of hydrogen-bond acceptors (Lipinski definition) is 2. The molecule has 0 unspecified atom stereocenters. The lowest BCUT2D eigenvalue weighted by Gasteiger charge is -2.45. The van der Waals surface area contributed by atoms with Gasteiger partial charge in [0.15, 0.2) is 16.1 Å². The second-order valence-corrected chi connectivity index (χ2v) is 52.5. The molecule has 0 atom stereocenters. The Morgan fingerprint density at radius 1 is 0.284 bits per heavy atom. The van der Waals surface area contributed by atoms with E-state index in [0.29, 0.717) is 42.2 Å². The van der Waals surface area contributed by atoms with Gasteiger partial charge in [-0.3, -0.25) is 0 Å². The summed E-state index contributed by atoms with van der Waals surface area (Å²) < 4.78 is 1.19. The Morgan fingerprint density at radius 2 is 0.569 bits per heavy atom. The van der Waals surface area contributed by atoms with Gasteiger partial charge in [0, 0.05) is 44.2 Å². The number of para-hydroxylation sites is 4. The van der Waals surface area contributed by atoms with Crippen molar-refractivity contribution in [3.63, 3.8) is 0 Å². The monoisotopic (exact) mass is 1640 g/mol. The molecule has 4 aliphatic heterocycles. The van der Waals surface area contributed by atoms with Gasteiger partial charge >= 0.3 is 0 Å². The first-order chi connectivity index (χ1) is 55.5. The third-order valence-electron chi connectivity index (χ3n) is 26.0. The SMILES string of the molecule is CC(C)c1cc(C(C)C)c(B2c3ccccc3[Si](C)(C)c3cc(Br)ccc32)c(C(C)C)c1.CC(C)c1cc(C(C)C)c(B2c3ccccc3[Si](C)(C)c3cc(N4c5ccccc5[Si](c5ccccc5)(c5ccccc5)c5ccccc54)ccc32)c(C(C)C)c1.[B].[HH].[HH].c1ccc([Si]2(c3ccccc3)c3ccccc3Nc3ccccc32)cc1. The van der Waals surface area contributed by atoms with Gasteiger partial charge in [-0.1, -0.05) is 458 Å². The van der Waals surface area contributed by atoms with Crippen LogP contribution in [0.4, 0.5) is 28.4 Å². The maximum Gasteiger partial charge on any atom is 0.241 e. The zero-order chi connectivity index (χ0) is 80.4. The summed E-state index contributed by atoms with van der Waals surface area (Å²) in [7, 11) is -8.97. The number of halogens is 1. The highest BCUT2D eigenvalue weighted by Gasteiger charge is 2.51. The van der Waals surface area contributed by atoms with Gasteiger partial charge in [-0.05, 0) is 159 Å². The average Bonchev–Trinajstić information content (AvgIpc) is 0.703. The van der Waals surface area contributed by atoms with Crippen LogP contribution in [0.1, 0.15) is 155 Å². The lowest BCUT2D eigenvalue weighted by atomic mass is 9.34. The maximum atomic E-state index is 3.78. The fourth-order valence-corrected chi connectivity index (χ4v) is 37.5. The Hall–Kier alpha value is -9.78. The van der Waals surface area contributed by atoms with Crippen LogP contribution in [0.15, 0.2) is 332 Å². The third-order valence-corrected chi connectivity index (χ3v) is 43.4. The van der Waals surface area contributed by atoms with Crippen LogP contribution in [0.5, 0.6) is 0 Å². The molecule has 0 spiro atoms. The van der Waals surface area contributed by atoms with E-state index in [1.807, 2.05) is 0 Å². The second-order valence-electron chi connectivity index (χ2n) is 35.5. The van der Waals surface area contributed by atoms with Crippen LogP contribution in [-0.4, -0.2) is 54.1 Å². The van der Waals surface area contributed by atoms with Crippen LogP contribution in [0, 0.1) is 0 Å². The normalized spacial score (nSPS) is 14.6. The summed E-state index contributed by atoms with van der Waals surface area (Å²) in [5, 5.41) is 21.4. The third kappa shape index (κ3) is 13.9. The van der Waals surface area contributed by atoms with Crippen molar-refractivity contribution >= 4 is 194 Å². The summed E-state index contributed by atoms with van der Waals surface area (Å²) >= 11 is 3.78. The first-order valence-electron chi connectivity index (χ1n) is 42.1. The number of nitrogens with zero attached hydrogens (tertiary/aromatic N) is 1. The smallest absolute Gasteiger partial charge is 0.241 e. The van der Waals surface area contributed by atoms with E-state index < -0.39 is 32.3 Å². The van der Waals surface area contributed by atoms with E-state index in [1.54, 1.807) is 26.2 Å². The lowest BCUT2D eigenvalue weighted by Crippen LogP contribution is -2.77. The molecular formula is C106H113B3BrN2Si4. The molecule has 2 nitrogen and oxygen atoms in total. The summed E-state index contributed by atoms with van der Waals surface area (Å²) in [5.74, 6) is 2.82. The lowest BCUT2D eigenvalue weighted by molar-refractivity contribution is 0.812. The van der Waals surface area contributed by atoms with Crippen LogP contribution < -0.4 is 105 Å². The molecule has 10 heteroatoms. The maximum absolute atomic E-state index is 3.78. The molecule has 0 bridgehead atoms. The van der Waals surface area contributed by atoms with E-state index in [9.17, 15) is 0 Å². The van der Waals surface area contributed by atoms with Gasteiger partial charge in [0.2, 0.25) is 13.4 Å². The Labute approximate surface area is 711 Å². The van der Waals surface area contributed by atoms with Crippen molar-refractivity contribution in [2.75, 3.05) is 10.2 Å². The van der Waals surface area contributed by atoms with E-state index in [0.717, 1.165) is 0 Å². The largest absolute Gasteiger partial charge is 0.356 e. The van der Waals surface area contributed by atoms with Crippen molar-refractivity contribution in [3.05, 3.63) is 365 Å². The fourth-order valence-electron chi connectivity index (χ4n) is 20.4. The van der Waals surface area contributed by atoms with Crippen molar-refractivity contribution in [2.24, 2.45) is 0 Å². The van der Waals surface area contributed by atoms with E-state index in [2.05, 4.69) is 463 Å². The van der Waals surface area contributed by atoms with Crippen molar-refractivity contribution in [3.8, 4) is 0 Å². The number of nitrogens with one attached hydrogen (secondary N) is 1. The summed E-state index contributed by atoms with van der Waals surface area (Å²) in [6.45, 7) is 39.0. The Bertz CT molecular complexity index is 5700. The van der Waals surface area contributed by atoms with Gasteiger partial charge in [0.25, 0.3) is 0 Å². The fraction of sp³-hybridized carbons (Fsp3) is 0.208. The predicted octanol–water partition coefficient (Wildman–Crippen LogP) is 16.6. The number of fused-ring (bicyclic) bond motifs is 8. The van der Waals surface area contributed by atoms with E-state index in [1.165, 1.54) is 135 Å². The summed E-state index contributed by atoms with van der Waals surface area (Å²) in [4.78, 5) is 2.60. The number of benzene rings is 14. The molecule has 4 heterocycles. The predicted molar refractivity (Wildman–Crippen MR) is 529 cm³/mol. The number of anilines is 5. The van der Waals surface area contributed by atoms with Gasteiger partial charge < -0.3 is 10.2 Å². The topological polar surface area (TPSA) is 15.3 Å². The minimum Gasteiger partial charge on any atom is -0.356 e. The van der Waals surface area contributed by atoms with Crippen molar-refractivity contribution < 1.29 is 2.85 Å². The standard InChI is InChI=1S/C53H54BNSi2.C29H36BBrSi.C24H19NSi.B.2H2/c1-36(2)39-33-43(37(3)4)53(44(34-39)38(5)6)54-45-25-15-18-28-49(45)56(7,8)52-35-40(31-32-46(52)54)55-47-26-16-19-29-50(47)57(41-21-11-9-12-22-41,42-23-13-10-14-24-42)51-30-20-17-27-48(51)55;1-18(2)21-15-23(19(3)4)29(24(16-21)20(5)6)30-25-11-9-10-12-27(25)32(7,8)28-17-22(31)13-14-26(28)30;1-3-11-19(12-4-1)26(20-13-5-2-6-14-20)23-17-9-7-15-21(23)25-22-16-8-10-18-24(22)26;;;/h9-38H,1-8H3;9-20H,1-8H3;1-18,25H;;2*1H. The Morgan fingerprint density at radius 3 is 0.922 bits per heavy atom. The molecule has 0 amide bonds. The second kappa shape index (κ2) is 33.0. The van der Waals surface area contributed by atoms with E-state index in [-0.39, 0.29) is 18.0 Å². The highest BCUT2D eigenvalue weighted by molar-refractivity contribution is 9.10. The minimum absolute atomic E-state index is 0. The quantitative estimate of drug-likeness (QED) is 0.116. The molecule has 0 saturated carbocycles. The molecule has 14 aromatic carbocycles. The van der Waals surface area contributed by atoms with Crippen LogP contribution in [0.2, 0.25) is 26.2 Å². The van der Waals surface area contributed by atoms with Gasteiger partial charge in [-0.2, -0.15) is 0 Å². The Balaban J connectivity index is 0.000000167. The molecule has 116 heavy (non-hydrogen) atoms. The zero-order valence-corrected chi connectivity index (χ0v) is 76.3. The molecule has 0 fully saturated rings. The number of rotatable bonds is 13. The molecule has 0 aliphatic carbocycles. The van der Waals surface area contributed by atoms with E-state index in [4.69, 9.17) is 0 Å². The highest BCUT2D eigenvalue weighted by Crippen LogP contribution is 2.39. The first kappa shape index (κ1) is 81.4. The minimum atomic E-state index is -2.69. The summed E-state index contributed by atoms with van der Waals surface area (Å²) in [6, 6.07) is 125. The molecule has 0 saturated heterocycles. The summed E-state index contributed by atoms with van der Waals surface area (Å²) in [5.41, 5.74) is 24.4. The van der Waals surface area contributed by atoms with Gasteiger partial charge in [-0.25, -0.2) is 0 Å². The van der Waals surface area contributed by atoms with Gasteiger partial charge in [-0.15, -0.1) is 0 Å². The van der Waals surface area contributed by atoms with Crippen LogP contribution in [0.25, 0.3) is 0 Å². The van der Waals surface area contributed by atoms with Crippen LogP contribution in [0.3, 0.4) is 0 Å². The van der Waals surface area contributed by atoms with Crippen LogP contribution >= 0.6 is 15.9 Å². The van der Waals surface area contributed by atoms with Crippen molar-refractivity contribution in [1.29, 1.82) is 0 Å². The molecule has 1 N–H and O–H groups in total. The van der Waals surface area contributed by atoms with E-state index >= 15 is 0 Å². The Kier molecular flexibility index (Phi) is 23.1. The molecule has 0 aromatic heterocycles. The molecular weight excluding hydrogens is 1530 g/mol. The van der Waals surface area contributed by atoms with Crippen molar-refractivity contribution in [1.82, 2.24) is 0 Å². The molecule has 18 rings (SSSR count). The zero-order valence-electron chi connectivity index (χ0n) is 70.7. The first-order valence-corrected chi connectivity index (χ1v) is 52.9. The van der Waals surface area contributed by atoms with Crippen molar-refractivity contribution in [2.45, 2.75) is 145 Å². The van der Waals surface area contributed by atoms with Crippen LogP contribution in [-0.2, 0) is 0 Å².